The Morgan fingerprint density at radius 2 is 2.18 bits per heavy atom. The molecule has 0 bridgehead atoms. The molecule has 2 N–H and O–H groups in total. The third-order valence-electron chi connectivity index (χ3n) is 2.41. The number of furan rings is 1. The van der Waals surface area contributed by atoms with Crippen LogP contribution in [-0.2, 0) is 11.3 Å². The Morgan fingerprint density at radius 1 is 1.29 bits per heavy atom. The van der Waals surface area contributed by atoms with Crippen LogP contribution in [0.4, 0.5) is 0 Å². The average molecular weight is 296 g/mol. The highest BCUT2D eigenvalue weighted by Crippen LogP contribution is 2.19. The molecule has 1 aromatic carbocycles. The van der Waals surface area contributed by atoms with E-state index in [2.05, 4.69) is 15.9 Å². The van der Waals surface area contributed by atoms with Gasteiger partial charge in [0.2, 0.25) is 0 Å². The van der Waals surface area contributed by atoms with Gasteiger partial charge in [-0.1, -0.05) is 28.1 Å². The van der Waals surface area contributed by atoms with Crippen molar-refractivity contribution >= 4 is 15.9 Å². The zero-order valence-electron chi connectivity index (χ0n) is 9.30. The number of halogens is 1. The van der Waals surface area contributed by atoms with E-state index >= 15 is 0 Å². The van der Waals surface area contributed by atoms with E-state index in [-0.39, 0.29) is 6.10 Å². The average Bonchev–Trinajstić information content (AvgIpc) is 2.84. The van der Waals surface area contributed by atoms with Crippen molar-refractivity contribution in [3.05, 3.63) is 58.5 Å². The smallest absolute Gasteiger partial charge is 0.133 e. The minimum absolute atomic E-state index is 0.191. The Balaban J connectivity index is 1.97. The zero-order chi connectivity index (χ0) is 12.1. The van der Waals surface area contributed by atoms with Crippen LogP contribution in [0.2, 0.25) is 0 Å². The van der Waals surface area contributed by atoms with Crippen LogP contribution in [0.5, 0.6) is 0 Å². The maximum absolute atomic E-state index is 5.74. The predicted octanol–water partition coefficient (Wildman–Crippen LogP) is 3.26. The van der Waals surface area contributed by atoms with Crippen molar-refractivity contribution in [2.75, 3.05) is 6.54 Å². The first-order chi connectivity index (χ1) is 8.29. The summed E-state index contributed by atoms with van der Waals surface area (Å²) in [6.45, 7) is 0.920. The lowest BCUT2D eigenvalue weighted by molar-refractivity contribution is 0.0314. The van der Waals surface area contributed by atoms with E-state index < -0.39 is 0 Å². The van der Waals surface area contributed by atoms with Gasteiger partial charge in [-0.3, -0.25) is 0 Å². The zero-order valence-corrected chi connectivity index (χ0v) is 10.9. The molecule has 2 rings (SSSR count). The van der Waals surface area contributed by atoms with Gasteiger partial charge in [0, 0.05) is 11.0 Å². The van der Waals surface area contributed by atoms with Crippen LogP contribution >= 0.6 is 15.9 Å². The van der Waals surface area contributed by atoms with E-state index in [4.69, 9.17) is 14.9 Å². The van der Waals surface area contributed by atoms with Gasteiger partial charge in [-0.2, -0.15) is 0 Å². The minimum atomic E-state index is -0.191. The van der Waals surface area contributed by atoms with E-state index in [0.29, 0.717) is 13.2 Å². The molecule has 0 radical (unpaired) electrons. The fraction of sp³-hybridized carbons (Fsp3) is 0.231. The molecule has 0 saturated heterocycles. The molecular weight excluding hydrogens is 282 g/mol. The Labute approximate surface area is 109 Å². The summed E-state index contributed by atoms with van der Waals surface area (Å²) < 4.78 is 12.1. The van der Waals surface area contributed by atoms with Gasteiger partial charge in [-0.15, -0.1) is 0 Å². The van der Waals surface area contributed by atoms with Gasteiger partial charge in [-0.25, -0.2) is 0 Å². The summed E-state index contributed by atoms with van der Waals surface area (Å²) in [5.41, 5.74) is 6.77. The summed E-state index contributed by atoms with van der Waals surface area (Å²) in [5.74, 6) is 0.766. The summed E-state index contributed by atoms with van der Waals surface area (Å²) in [4.78, 5) is 0. The molecule has 0 aliphatic heterocycles. The molecule has 0 fully saturated rings. The van der Waals surface area contributed by atoms with Gasteiger partial charge >= 0.3 is 0 Å². The first-order valence-corrected chi connectivity index (χ1v) is 6.18. The van der Waals surface area contributed by atoms with E-state index in [0.717, 1.165) is 15.8 Å². The molecule has 1 heterocycles. The highest BCUT2D eigenvalue weighted by Gasteiger charge is 2.12. The summed E-state index contributed by atoms with van der Waals surface area (Å²) in [5, 5.41) is 0. The van der Waals surface area contributed by atoms with Crippen molar-refractivity contribution in [2.45, 2.75) is 12.7 Å². The highest BCUT2D eigenvalue weighted by molar-refractivity contribution is 9.10. The van der Waals surface area contributed by atoms with Crippen molar-refractivity contribution in [1.82, 2.24) is 0 Å². The number of benzene rings is 1. The number of ether oxygens (including phenoxy) is 1. The second-order valence-electron chi connectivity index (χ2n) is 3.68. The predicted molar refractivity (Wildman–Crippen MR) is 69.4 cm³/mol. The van der Waals surface area contributed by atoms with Gasteiger partial charge in [0.1, 0.15) is 11.9 Å². The first kappa shape index (κ1) is 12.4. The van der Waals surface area contributed by atoms with Crippen molar-refractivity contribution in [1.29, 1.82) is 0 Å². The largest absolute Gasteiger partial charge is 0.467 e. The van der Waals surface area contributed by atoms with E-state index in [9.17, 15) is 0 Å². The number of rotatable bonds is 5. The van der Waals surface area contributed by atoms with E-state index in [1.54, 1.807) is 6.26 Å². The van der Waals surface area contributed by atoms with Gasteiger partial charge in [0.15, 0.2) is 0 Å². The molecule has 0 aliphatic carbocycles. The molecule has 1 unspecified atom stereocenters. The summed E-state index contributed by atoms with van der Waals surface area (Å²) in [6, 6.07) is 11.7. The second-order valence-corrected chi connectivity index (χ2v) is 4.60. The molecule has 1 aromatic heterocycles. The van der Waals surface area contributed by atoms with Crippen LogP contribution in [0.25, 0.3) is 0 Å². The summed E-state index contributed by atoms with van der Waals surface area (Å²) in [7, 11) is 0. The normalized spacial score (nSPS) is 12.6. The van der Waals surface area contributed by atoms with Crippen LogP contribution in [0.15, 0.2) is 51.6 Å². The van der Waals surface area contributed by atoms with Crippen LogP contribution in [0.1, 0.15) is 17.4 Å². The van der Waals surface area contributed by atoms with Crippen molar-refractivity contribution in [3.8, 4) is 0 Å². The maximum Gasteiger partial charge on any atom is 0.133 e. The molecule has 0 aliphatic rings. The number of hydrogen-bond donors (Lipinski definition) is 1. The maximum atomic E-state index is 5.74. The molecule has 3 nitrogen and oxygen atoms in total. The highest BCUT2D eigenvalue weighted by atomic mass is 79.9. The molecule has 2 aromatic rings. The molecule has 4 heteroatoms. The number of nitrogens with two attached hydrogens (primary N) is 1. The van der Waals surface area contributed by atoms with Crippen LogP contribution < -0.4 is 5.73 Å². The SMILES string of the molecule is NCC(OCc1cccc(Br)c1)c1ccco1. The van der Waals surface area contributed by atoms with Crippen molar-refractivity contribution in [2.24, 2.45) is 5.73 Å². The molecule has 0 saturated carbocycles. The monoisotopic (exact) mass is 295 g/mol. The third kappa shape index (κ3) is 3.43. The minimum Gasteiger partial charge on any atom is -0.467 e. The van der Waals surface area contributed by atoms with Crippen LogP contribution in [0, 0.1) is 0 Å². The quantitative estimate of drug-likeness (QED) is 0.921. The third-order valence-corrected chi connectivity index (χ3v) is 2.91. The Bertz CT molecular complexity index is 456. The molecule has 0 amide bonds. The van der Waals surface area contributed by atoms with Gasteiger partial charge in [-0.05, 0) is 29.8 Å². The summed E-state index contributed by atoms with van der Waals surface area (Å²) >= 11 is 3.43. The summed E-state index contributed by atoms with van der Waals surface area (Å²) in [6.07, 6.45) is 1.43. The fourth-order valence-electron chi connectivity index (χ4n) is 1.56. The molecule has 1 atom stereocenters. The van der Waals surface area contributed by atoms with Gasteiger partial charge in [0.05, 0.1) is 12.9 Å². The van der Waals surface area contributed by atoms with Crippen molar-refractivity contribution in [3.63, 3.8) is 0 Å². The standard InChI is InChI=1S/C13H14BrNO2/c14-11-4-1-3-10(7-11)9-17-13(8-15)12-5-2-6-16-12/h1-7,13H,8-9,15H2. The Hall–Kier alpha value is -1.10. The first-order valence-electron chi connectivity index (χ1n) is 5.39. The lowest BCUT2D eigenvalue weighted by atomic mass is 10.2. The van der Waals surface area contributed by atoms with Gasteiger partial charge in [0.25, 0.3) is 0 Å². The molecule has 90 valence electrons. The Morgan fingerprint density at radius 3 is 2.82 bits per heavy atom. The Kier molecular flexibility index (Phi) is 4.36. The fourth-order valence-corrected chi connectivity index (χ4v) is 2.01. The van der Waals surface area contributed by atoms with Gasteiger partial charge < -0.3 is 14.9 Å². The molecule has 0 spiro atoms. The van der Waals surface area contributed by atoms with E-state index in [1.165, 1.54) is 0 Å². The lowest BCUT2D eigenvalue weighted by Crippen LogP contribution is -2.15. The topological polar surface area (TPSA) is 48.4 Å². The lowest BCUT2D eigenvalue weighted by Gasteiger charge is -2.13. The second kappa shape index (κ2) is 6.00. The number of hydrogen-bond acceptors (Lipinski definition) is 3. The molecular formula is C13H14BrNO2. The molecule has 17 heavy (non-hydrogen) atoms. The van der Waals surface area contributed by atoms with Crippen LogP contribution in [0.3, 0.4) is 0 Å². The van der Waals surface area contributed by atoms with Crippen LogP contribution in [-0.4, -0.2) is 6.54 Å². The van der Waals surface area contributed by atoms with Crippen molar-refractivity contribution < 1.29 is 9.15 Å². The van der Waals surface area contributed by atoms with E-state index in [1.807, 2.05) is 36.4 Å².